The Hall–Kier alpha value is -3.42. The molecule has 0 radical (unpaired) electrons. The maximum absolute atomic E-state index is 10.5. The van der Waals surface area contributed by atoms with Crippen molar-refractivity contribution >= 4 is 23.3 Å². The minimum absolute atomic E-state index is 0.0697. The van der Waals surface area contributed by atoms with Gasteiger partial charge in [-0.05, 0) is 36.4 Å². The number of phenols is 1. The molecule has 0 fully saturated rings. The summed E-state index contributed by atoms with van der Waals surface area (Å²) in [5.41, 5.74) is 11.4. The van der Waals surface area contributed by atoms with Gasteiger partial charge in [0.15, 0.2) is 0 Å². The van der Waals surface area contributed by atoms with Crippen molar-refractivity contribution in [2.75, 3.05) is 18.6 Å². The Morgan fingerprint density at radius 3 is 1.78 bits per heavy atom. The highest BCUT2D eigenvalue weighted by molar-refractivity contribution is 5.89. The van der Waals surface area contributed by atoms with Gasteiger partial charge < -0.3 is 31.5 Å². The third-order valence-electron chi connectivity index (χ3n) is 2.75. The number of aromatic hydroxyl groups is 1. The zero-order valence-electron chi connectivity index (χ0n) is 12.2. The SMILES string of the molecule is COc1ccc(C(=O)O)cc1N.Nc1cc(C(=O)O)ccc1O. The van der Waals surface area contributed by atoms with Crippen LogP contribution in [0.2, 0.25) is 0 Å². The Morgan fingerprint density at radius 1 is 0.913 bits per heavy atom. The first-order valence-electron chi connectivity index (χ1n) is 6.24. The van der Waals surface area contributed by atoms with E-state index in [4.69, 9.17) is 31.5 Å². The van der Waals surface area contributed by atoms with E-state index in [1.807, 2.05) is 0 Å². The number of ether oxygens (including phenoxy) is 1. The zero-order valence-corrected chi connectivity index (χ0v) is 12.2. The van der Waals surface area contributed by atoms with Gasteiger partial charge in [-0.3, -0.25) is 0 Å². The van der Waals surface area contributed by atoms with Gasteiger partial charge in [0, 0.05) is 0 Å². The van der Waals surface area contributed by atoms with Gasteiger partial charge in [-0.1, -0.05) is 0 Å². The lowest BCUT2D eigenvalue weighted by Gasteiger charge is -2.03. The number of phenolic OH excluding ortho intramolecular Hbond substituents is 1. The molecule has 8 heteroatoms. The average Bonchev–Trinajstić information content (AvgIpc) is 2.50. The van der Waals surface area contributed by atoms with E-state index in [0.29, 0.717) is 11.4 Å². The predicted octanol–water partition coefficient (Wildman–Crippen LogP) is 1.65. The number of nitrogens with two attached hydrogens (primary N) is 2. The molecule has 0 amide bonds. The number of anilines is 2. The summed E-state index contributed by atoms with van der Waals surface area (Å²) in [6.45, 7) is 0. The third-order valence-corrected chi connectivity index (χ3v) is 2.75. The molecular weight excluding hydrogens is 304 g/mol. The van der Waals surface area contributed by atoms with Crippen LogP contribution < -0.4 is 16.2 Å². The second-order valence-corrected chi connectivity index (χ2v) is 4.34. The minimum Gasteiger partial charge on any atom is -0.506 e. The van der Waals surface area contributed by atoms with Crippen LogP contribution in [0.5, 0.6) is 11.5 Å². The molecule has 23 heavy (non-hydrogen) atoms. The monoisotopic (exact) mass is 320 g/mol. The van der Waals surface area contributed by atoms with E-state index < -0.39 is 11.9 Å². The lowest BCUT2D eigenvalue weighted by Crippen LogP contribution is -1.99. The summed E-state index contributed by atoms with van der Waals surface area (Å²) < 4.78 is 4.86. The first kappa shape index (κ1) is 17.6. The molecule has 0 saturated carbocycles. The molecule has 0 atom stereocenters. The van der Waals surface area contributed by atoms with Crippen molar-refractivity contribution in [1.82, 2.24) is 0 Å². The molecule has 0 aromatic heterocycles. The van der Waals surface area contributed by atoms with E-state index in [1.54, 1.807) is 0 Å². The molecule has 122 valence electrons. The summed E-state index contributed by atoms with van der Waals surface area (Å²) in [6.07, 6.45) is 0. The van der Waals surface area contributed by atoms with Crippen LogP contribution in [0.15, 0.2) is 36.4 Å². The second-order valence-electron chi connectivity index (χ2n) is 4.34. The lowest BCUT2D eigenvalue weighted by molar-refractivity contribution is 0.0686. The predicted molar refractivity (Wildman–Crippen MR) is 83.8 cm³/mol. The molecule has 8 nitrogen and oxygen atoms in total. The van der Waals surface area contributed by atoms with Crippen molar-refractivity contribution in [1.29, 1.82) is 0 Å². The molecule has 2 aromatic carbocycles. The number of hydrogen-bond acceptors (Lipinski definition) is 6. The standard InChI is InChI=1S/C8H9NO3.C7H7NO3/c1-12-7-3-2-5(8(10)11)4-6(7)9;8-5-3-4(7(10)11)1-2-6(5)9/h2-4H,9H2,1H3,(H,10,11);1-3,9H,8H2,(H,10,11). The summed E-state index contributed by atoms with van der Waals surface area (Å²) in [7, 11) is 1.48. The van der Waals surface area contributed by atoms with E-state index in [-0.39, 0.29) is 22.6 Å². The average molecular weight is 320 g/mol. The van der Waals surface area contributed by atoms with Gasteiger partial charge in [0.1, 0.15) is 11.5 Å². The minimum atomic E-state index is -1.06. The van der Waals surface area contributed by atoms with Gasteiger partial charge in [0.05, 0.1) is 29.6 Å². The van der Waals surface area contributed by atoms with E-state index in [1.165, 1.54) is 43.5 Å². The van der Waals surface area contributed by atoms with Crippen molar-refractivity contribution in [3.05, 3.63) is 47.5 Å². The molecule has 2 rings (SSSR count). The quantitative estimate of drug-likeness (QED) is 0.422. The number of carboxylic acid groups (broad SMARTS) is 2. The van der Waals surface area contributed by atoms with Crippen molar-refractivity contribution in [2.24, 2.45) is 0 Å². The number of rotatable bonds is 3. The highest BCUT2D eigenvalue weighted by Crippen LogP contribution is 2.21. The zero-order chi connectivity index (χ0) is 17.6. The van der Waals surface area contributed by atoms with E-state index >= 15 is 0 Å². The summed E-state index contributed by atoms with van der Waals surface area (Å²) >= 11 is 0. The van der Waals surface area contributed by atoms with E-state index in [0.717, 1.165) is 0 Å². The first-order chi connectivity index (χ1) is 10.8. The maximum Gasteiger partial charge on any atom is 0.335 e. The van der Waals surface area contributed by atoms with Crippen molar-refractivity contribution in [3.8, 4) is 11.5 Å². The fraction of sp³-hybridized carbons (Fsp3) is 0.0667. The summed E-state index contributed by atoms with van der Waals surface area (Å²) in [6, 6.07) is 8.07. The summed E-state index contributed by atoms with van der Waals surface area (Å²) in [5.74, 6) is -1.67. The highest BCUT2D eigenvalue weighted by atomic mass is 16.5. The molecule has 0 aliphatic carbocycles. The molecule has 0 unspecified atom stereocenters. The van der Waals surface area contributed by atoms with Crippen molar-refractivity contribution < 1.29 is 29.6 Å². The molecule has 0 spiro atoms. The smallest absolute Gasteiger partial charge is 0.335 e. The van der Waals surface area contributed by atoms with Crippen LogP contribution in [-0.4, -0.2) is 34.4 Å². The van der Waals surface area contributed by atoms with Gasteiger partial charge >= 0.3 is 11.9 Å². The van der Waals surface area contributed by atoms with Gasteiger partial charge in [-0.15, -0.1) is 0 Å². The highest BCUT2D eigenvalue weighted by Gasteiger charge is 2.05. The van der Waals surface area contributed by atoms with Crippen LogP contribution in [0.3, 0.4) is 0 Å². The van der Waals surface area contributed by atoms with Gasteiger partial charge in [-0.2, -0.15) is 0 Å². The first-order valence-corrected chi connectivity index (χ1v) is 6.24. The lowest BCUT2D eigenvalue weighted by atomic mass is 10.2. The third kappa shape index (κ3) is 4.81. The Labute approximate surface area is 131 Å². The maximum atomic E-state index is 10.5. The summed E-state index contributed by atoms with van der Waals surface area (Å²) in [4.78, 5) is 20.8. The normalized spacial score (nSPS) is 9.43. The molecule has 0 aliphatic rings. The van der Waals surface area contributed by atoms with Crippen LogP contribution in [-0.2, 0) is 0 Å². The fourth-order valence-corrected chi connectivity index (χ4v) is 1.55. The van der Waals surface area contributed by atoms with E-state index in [2.05, 4.69) is 0 Å². The van der Waals surface area contributed by atoms with Gasteiger partial charge in [0.25, 0.3) is 0 Å². The van der Waals surface area contributed by atoms with E-state index in [9.17, 15) is 9.59 Å². The molecule has 0 bridgehead atoms. The van der Waals surface area contributed by atoms with Crippen LogP contribution in [0.1, 0.15) is 20.7 Å². The van der Waals surface area contributed by atoms with Crippen molar-refractivity contribution in [2.45, 2.75) is 0 Å². The topological polar surface area (TPSA) is 156 Å². The number of aromatic carboxylic acids is 2. The molecule has 7 N–H and O–H groups in total. The Balaban J connectivity index is 0.000000231. The van der Waals surface area contributed by atoms with Crippen LogP contribution in [0, 0.1) is 0 Å². The Morgan fingerprint density at radius 2 is 1.39 bits per heavy atom. The molecule has 0 heterocycles. The number of benzene rings is 2. The number of carboxylic acids is 2. The number of carbonyl (C=O) groups is 2. The Kier molecular flexibility index (Phi) is 5.79. The van der Waals surface area contributed by atoms with Gasteiger partial charge in [0.2, 0.25) is 0 Å². The van der Waals surface area contributed by atoms with Crippen LogP contribution in [0.25, 0.3) is 0 Å². The number of hydrogen-bond donors (Lipinski definition) is 5. The summed E-state index contributed by atoms with van der Waals surface area (Å²) in [5, 5.41) is 25.9. The molecule has 0 saturated heterocycles. The largest absolute Gasteiger partial charge is 0.506 e. The molecule has 2 aromatic rings. The molecule has 0 aliphatic heterocycles. The molecular formula is C15H16N2O6. The number of nitrogen functional groups attached to an aromatic ring is 2. The fourth-order valence-electron chi connectivity index (χ4n) is 1.55. The Bertz CT molecular complexity index is 730. The van der Waals surface area contributed by atoms with Gasteiger partial charge in [-0.25, -0.2) is 9.59 Å². The van der Waals surface area contributed by atoms with Crippen LogP contribution in [0.4, 0.5) is 11.4 Å². The number of methoxy groups -OCH3 is 1. The van der Waals surface area contributed by atoms with Crippen LogP contribution >= 0.6 is 0 Å². The van der Waals surface area contributed by atoms with Crippen molar-refractivity contribution in [3.63, 3.8) is 0 Å². The second kappa shape index (κ2) is 7.55.